The van der Waals surface area contributed by atoms with E-state index in [2.05, 4.69) is 10.1 Å². The van der Waals surface area contributed by atoms with E-state index in [1.807, 2.05) is 4.90 Å². The van der Waals surface area contributed by atoms with Gasteiger partial charge in [-0.05, 0) is 44.0 Å². The van der Waals surface area contributed by atoms with Gasteiger partial charge in [0.1, 0.15) is 11.8 Å². The van der Waals surface area contributed by atoms with Crippen molar-refractivity contribution >= 4 is 11.6 Å². The minimum Gasteiger partial charge on any atom is -0.484 e. The first-order valence-corrected chi connectivity index (χ1v) is 7.20. The monoisotopic (exact) mass is 316 g/mol. The molecule has 1 N–H and O–H groups in total. The molecule has 122 valence electrons. The highest BCUT2D eigenvalue weighted by molar-refractivity contribution is 5.84. The molecule has 1 aromatic rings. The summed E-state index contributed by atoms with van der Waals surface area (Å²) >= 11 is 0. The van der Waals surface area contributed by atoms with Crippen molar-refractivity contribution in [2.24, 2.45) is 0 Å². The molecule has 0 aromatic heterocycles. The van der Waals surface area contributed by atoms with Gasteiger partial charge in [0, 0.05) is 18.8 Å². The van der Waals surface area contributed by atoms with E-state index in [1.165, 1.54) is 12.1 Å². The lowest BCUT2D eigenvalue weighted by atomic mass is 10.2. The van der Waals surface area contributed by atoms with Gasteiger partial charge in [-0.1, -0.05) is 0 Å². The van der Waals surface area contributed by atoms with E-state index in [0.29, 0.717) is 5.69 Å². The highest BCUT2D eigenvalue weighted by Crippen LogP contribution is 2.21. The van der Waals surface area contributed by atoms with Crippen molar-refractivity contribution in [2.75, 3.05) is 25.0 Å². The maximum Gasteiger partial charge on any atom is 0.422 e. The molecule has 2 rings (SSSR count). The maximum atomic E-state index is 12.1. The molecule has 22 heavy (non-hydrogen) atoms. The second-order valence-corrected chi connectivity index (χ2v) is 5.33. The van der Waals surface area contributed by atoms with Crippen LogP contribution in [0.1, 0.15) is 19.8 Å². The minimum absolute atomic E-state index is 0.0369. The Kier molecular flexibility index (Phi) is 5.15. The van der Waals surface area contributed by atoms with Gasteiger partial charge in [-0.3, -0.25) is 4.79 Å². The summed E-state index contributed by atoms with van der Waals surface area (Å²) in [5.74, 6) is 0.177. The van der Waals surface area contributed by atoms with Crippen LogP contribution in [0, 0.1) is 0 Å². The highest BCUT2D eigenvalue weighted by Gasteiger charge is 2.28. The van der Waals surface area contributed by atoms with E-state index in [9.17, 15) is 18.0 Å². The molecule has 0 radical (unpaired) electrons. The lowest BCUT2D eigenvalue weighted by Gasteiger charge is -2.22. The summed E-state index contributed by atoms with van der Waals surface area (Å²) in [7, 11) is 0. The fourth-order valence-corrected chi connectivity index (χ4v) is 2.34. The number of benzene rings is 1. The van der Waals surface area contributed by atoms with Gasteiger partial charge < -0.3 is 15.0 Å². The van der Waals surface area contributed by atoms with Crippen LogP contribution in [0.25, 0.3) is 0 Å². The van der Waals surface area contributed by atoms with E-state index in [0.717, 1.165) is 25.9 Å². The average molecular weight is 316 g/mol. The Morgan fingerprint density at radius 3 is 2.41 bits per heavy atom. The topological polar surface area (TPSA) is 41.6 Å². The third-order valence-electron chi connectivity index (χ3n) is 3.43. The molecular weight excluding hydrogens is 297 g/mol. The molecule has 0 aliphatic carbocycles. The summed E-state index contributed by atoms with van der Waals surface area (Å²) < 4.78 is 40.8. The Balaban J connectivity index is 1.86. The normalized spacial score (nSPS) is 16.5. The predicted octanol–water partition coefficient (Wildman–Crippen LogP) is 3.05. The molecule has 7 heteroatoms. The molecule has 1 heterocycles. The number of halogens is 3. The second kappa shape index (κ2) is 6.89. The number of hydrogen-bond donors (Lipinski definition) is 1. The van der Waals surface area contributed by atoms with Crippen LogP contribution in [0.5, 0.6) is 5.75 Å². The van der Waals surface area contributed by atoms with Crippen molar-refractivity contribution < 1.29 is 22.7 Å². The van der Waals surface area contributed by atoms with Crippen LogP contribution in [0.2, 0.25) is 0 Å². The number of alkyl halides is 3. The van der Waals surface area contributed by atoms with Crippen molar-refractivity contribution in [3.63, 3.8) is 0 Å². The number of carbonyl (C=O) groups excluding carboxylic acids is 1. The third kappa shape index (κ3) is 4.82. The van der Waals surface area contributed by atoms with Gasteiger partial charge in [0.05, 0.1) is 0 Å². The molecule has 4 nitrogen and oxygen atoms in total. The Morgan fingerprint density at radius 1 is 1.27 bits per heavy atom. The van der Waals surface area contributed by atoms with Crippen LogP contribution in [0.4, 0.5) is 18.9 Å². The Labute approximate surface area is 127 Å². The van der Waals surface area contributed by atoms with Crippen LogP contribution in [0.3, 0.4) is 0 Å². The number of anilines is 1. The van der Waals surface area contributed by atoms with Crippen molar-refractivity contribution in [3.05, 3.63) is 24.3 Å². The molecule has 0 bridgehead atoms. The van der Waals surface area contributed by atoms with E-state index in [-0.39, 0.29) is 17.7 Å². The van der Waals surface area contributed by atoms with Gasteiger partial charge in [-0.2, -0.15) is 13.2 Å². The molecule has 1 unspecified atom stereocenters. The van der Waals surface area contributed by atoms with Crippen LogP contribution in [-0.2, 0) is 4.79 Å². The van der Waals surface area contributed by atoms with Crippen LogP contribution in [-0.4, -0.2) is 42.7 Å². The van der Waals surface area contributed by atoms with E-state index in [4.69, 9.17) is 0 Å². The zero-order chi connectivity index (χ0) is 16.2. The number of likely N-dealkylation sites (tertiary alicyclic amines) is 1. The van der Waals surface area contributed by atoms with Gasteiger partial charge in [0.15, 0.2) is 6.61 Å². The maximum absolute atomic E-state index is 12.1. The van der Waals surface area contributed by atoms with E-state index in [1.54, 1.807) is 19.1 Å². The van der Waals surface area contributed by atoms with Crippen LogP contribution < -0.4 is 10.1 Å². The molecular formula is C15H19F3N2O2. The van der Waals surface area contributed by atoms with Crippen molar-refractivity contribution in [3.8, 4) is 5.75 Å². The van der Waals surface area contributed by atoms with Crippen molar-refractivity contribution in [2.45, 2.75) is 32.0 Å². The molecule has 1 aliphatic heterocycles. The fraction of sp³-hybridized carbons (Fsp3) is 0.533. The summed E-state index contributed by atoms with van der Waals surface area (Å²) in [6.45, 7) is 2.03. The lowest BCUT2D eigenvalue weighted by molar-refractivity contribution is -0.153. The lowest BCUT2D eigenvalue weighted by Crippen LogP contribution is -2.39. The molecule has 1 aliphatic rings. The SMILES string of the molecule is CC(Nc1ccc(OCC(F)(F)F)cc1)C(=O)N1CCCC1. The van der Waals surface area contributed by atoms with Gasteiger partial charge in [-0.15, -0.1) is 0 Å². The molecule has 0 saturated carbocycles. The minimum atomic E-state index is -4.35. The summed E-state index contributed by atoms with van der Waals surface area (Å²) in [5.41, 5.74) is 0.666. The van der Waals surface area contributed by atoms with E-state index >= 15 is 0 Å². The first kappa shape index (κ1) is 16.5. The average Bonchev–Trinajstić information content (AvgIpc) is 2.99. The quantitative estimate of drug-likeness (QED) is 0.908. The smallest absolute Gasteiger partial charge is 0.422 e. The molecule has 1 fully saturated rings. The summed E-state index contributed by atoms with van der Waals surface area (Å²) in [6, 6.07) is 5.71. The predicted molar refractivity (Wildman–Crippen MR) is 76.9 cm³/mol. The number of rotatable bonds is 5. The van der Waals surface area contributed by atoms with Gasteiger partial charge in [0.25, 0.3) is 0 Å². The number of nitrogens with one attached hydrogen (secondary N) is 1. The zero-order valence-electron chi connectivity index (χ0n) is 12.3. The van der Waals surface area contributed by atoms with Crippen LogP contribution in [0.15, 0.2) is 24.3 Å². The summed E-state index contributed by atoms with van der Waals surface area (Å²) in [6.07, 6.45) is -2.29. The largest absolute Gasteiger partial charge is 0.484 e. The summed E-state index contributed by atoms with van der Waals surface area (Å²) in [5, 5.41) is 3.05. The van der Waals surface area contributed by atoms with Gasteiger partial charge in [0.2, 0.25) is 5.91 Å². The van der Waals surface area contributed by atoms with Gasteiger partial charge >= 0.3 is 6.18 Å². The Bertz CT molecular complexity index is 497. The molecule has 1 atom stereocenters. The Morgan fingerprint density at radius 2 is 1.86 bits per heavy atom. The number of hydrogen-bond acceptors (Lipinski definition) is 3. The molecule has 0 spiro atoms. The van der Waals surface area contributed by atoms with Gasteiger partial charge in [-0.25, -0.2) is 0 Å². The molecule has 1 amide bonds. The fourth-order valence-electron chi connectivity index (χ4n) is 2.34. The number of ether oxygens (including phenoxy) is 1. The number of carbonyl (C=O) groups is 1. The van der Waals surface area contributed by atoms with Crippen LogP contribution >= 0.6 is 0 Å². The zero-order valence-corrected chi connectivity index (χ0v) is 12.3. The third-order valence-corrected chi connectivity index (χ3v) is 3.43. The Hall–Kier alpha value is -1.92. The highest BCUT2D eigenvalue weighted by atomic mass is 19.4. The first-order valence-electron chi connectivity index (χ1n) is 7.20. The standard InChI is InChI=1S/C15H19F3N2O2/c1-11(14(21)20-8-2-3-9-20)19-12-4-6-13(7-5-12)22-10-15(16,17)18/h4-7,11,19H,2-3,8-10H2,1H3. The molecule has 1 saturated heterocycles. The molecule has 1 aromatic carbocycles. The van der Waals surface area contributed by atoms with Crippen molar-refractivity contribution in [1.82, 2.24) is 4.90 Å². The number of amides is 1. The summed E-state index contributed by atoms with van der Waals surface area (Å²) in [4.78, 5) is 14.0. The number of nitrogens with zero attached hydrogens (tertiary/aromatic N) is 1. The first-order chi connectivity index (χ1) is 10.3. The van der Waals surface area contributed by atoms with E-state index < -0.39 is 12.8 Å². The van der Waals surface area contributed by atoms with Crippen molar-refractivity contribution in [1.29, 1.82) is 0 Å². The second-order valence-electron chi connectivity index (χ2n) is 5.33.